The molecule has 142 valence electrons. The number of hydrogen-bond acceptors (Lipinski definition) is 7. The largest absolute Gasteiger partial charge is 0.330 e. The Labute approximate surface area is 146 Å². The van der Waals surface area contributed by atoms with Gasteiger partial charge in [0.1, 0.15) is 12.7 Å². The highest BCUT2D eigenvalue weighted by molar-refractivity contribution is 5.13. The van der Waals surface area contributed by atoms with Crippen LogP contribution in [0.1, 0.15) is 58.3 Å². The Morgan fingerprint density at radius 2 is 1.68 bits per heavy atom. The topological polar surface area (TPSA) is 131 Å². The van der Waals surface area contributed by atoms with Crippen molar-refractivity contribution >= 4 is 0 Å². The predicted octanol–water partition coefficient (Wildman–Crippen LogP) is 2.49. The molecule has 0 aromatic carbocycles. The summed E-state index contributed by atoms with van der Waals surface area (Å²) in [6, 6.07) is 0. The number of rotatable bonds is 9. The Kier molecular flexibility index (Phi) is 4.55. The van der Waals surface area contributed by atoms with Gasteiger partial charge in [-0.1, -0.05) is 13.3 Å². The second-order valence-electron chi connectivity index (χ2n) is 8.74. The van der Waals surface area contributed by atoms with E-state index in [2.05, 4.69) is 11.8 Å². The van der Waals surface area contributed by atoms with Crippen molar-refractivity contribution in [3.05, 3.63) is 20.2 Å². The molecule has 2 N–H and O–H groups in total. The highest BCUT2D eigenvalue weighted by Crippen LogP contribution is 2.71. The van der Waals surface area contributed by atoms with Gasteiger partial charge in [0.15, 0.2) is 0 Å². The monoisotopic (exact) mass is 357 g/mol. The maximum Gasteiger partial charge on any atom is 0.294 e. The van der Waals surface area contributed by atoms with Crippen LogP contribution >= 0.6 is 0 Å². The van der Waals surface area contributed by atoms with E-state index in [1.165, 1.54) is 6.42 Å². The Balaban J connectivity index is 1.81. The minimum absolute atomic E-state index is 0.0879. The van der Waals surface area contributed by atoms with Gasteiger partial charge in [-0.05, 0) is 73.7 Å². The van der Waals surface area contributed by atoms with Crippen molar-refractivity contribution in [1.29, 1.82) is 0 Å². The van der Waals surface area contributed by atoms with E-state index in [9.17, 15) is 20.2 Å². The first-order valence-corrected chi connectivity index (χ1v) is 9.02. The molecule has 4 saturated carbocycles. The van der Waals surface area contributed by atoms with Crippen molar-refractivity contribution in [2.45, 2.75) is 64.4 Å². The quantitative estimate of drug-likeness (QED) is 0.495. The fraction of sp³-hybridized carbons (Fsp3) is 1.00. The summed E-state index contributed by atoms with van der Waals surface area (Å²) in [4.78, 5) is 30.4. The van der Waals surface area contributed by atoms with Gasteiger partial charge in [-0.2, -0.15) is 0 Å². The van der Waals surface area contributed by atoms with Crippen LogP contribution in [0.3, 0.4) is 0 Å². The van der Waals surface area contributed by atoms with Gasteiger partial charge in [0, 0.05) is 0 Å². The maximum atomic E-state index is 10.8. The molecule has 5 atom stereocenters. The SMILES string of the molecule is CCC12CC3CC(CN)(C1)CC(CC(CO[N+](=O)[O-])O[N+](=O)[O-])(C3)C2. The third-order valence-corrected chi connectivity index (χ3v) is 6.86. The molecule has 0 aromatic rings. The van der Waals surface area contributed by atoms with Crippen molar-refractivity contribution in [3.63, 3.8) is 0 Å². The first-order valence-electron chi connectivity index (χ1n) is 9.02. The van der Waals surface area contributed by atoms with Crippen LogP contribution in [0.25, 0.3) is 0 Å². The Morgan fingerprint density at radius 3 is 2.28 bits per heavy atom. The molecule has 4 aliphatic rings. The maximum absolute atomic E-state index is 10.8. The Bertz CT molecular complexity index is 536. The zero-order valence-corrected chi connectivity index (χ0v) is 14.6. The average Bonchev–Trinajstić information content (AvgIpc) is 2.50. The van der Waals surface area contributed by atoms with E-state index in [0.717, 1.165) is 38.5 Å². The fourth-order valence-electron chi connectivity index (χ4n) is 6.79. The number of nitrogens with two attached hydrogens (primary N) is 1. The third kappa shape index (κ3) is 3.51. The molecule has 0 spiro atoms. The van der Waals surface area contributed by atoms with E-state index >= 15 is 0 Å². The minimum atomic E-state index is -0.926. The Morgan fingerprint density at radius 1 is 1.08 bits per heavy atom. The Hall–Kier alpha value is -1.64. The summed E-state index contributed by atoms with van der Waals surface area (Å²) in [5, 5.41) is 19.5. The van der Waals surface area contributed by atoms with Gasteiger partial charge in [-0.25, -0.2) is 0 Å². The summed E-state index contributed by atoms with van der Waals surface area (Å²) < 4.78 is 0. The van der Waals surface area contributed by atoms with E-state index < -0.39 is 22.9 Å². The van der Waals surface area contributed by atoms with E-state index in [0.29, 0.717) is 18.9 Å². The van der Waals surface area contributed by atoms with E-state index in [4.69, 9.17) is 10.6 Å². The molecule has 0 aromatic heterocycles. The molecule has 0 aliphatic heterocycles. The van der Waals surface area contributed by atoms with Gasteiger partial charge < -0.3 is 15.4 Å². The van der Waals surface area contributed by atoms with Gasteiger partial charge in [-0.3, -0.25) is 0 Å². The summed E-state index contributed by atoms with van der Waals surface area (Å²) in [6.07, 6.45) is 7.01. The van der Waals surface area contributed by atoms with E-state index in [-0.39, 0.29) is 16.2 Å². The van der Waals surface area contributed by atoms with Crippen LogP contribution < -0.4 is 5.73 Å². The number of hydrogen-bond donors (Lipinski definition) is 1. The summed E-state index contributed by atoms with van der Waals surface area (Å²) in [5.74, 6) is 0.590. The molecule has 0 heterocycles. The third-order valence-electron chi connectivity index (χ3n) is 6.86. The molecule has 0 amide bonds. The van der Waals surface area contributed by atoms with Crippen LogP contribution in [0.5, 0.6) is 0 Å². The molecule has 4 fully saturated rings. The molecule has 9 nitrogen and oxygen atoms in total. The zero-order chi connectivity index (χ0) is 18.3. The molecule has 9 heteroatoms. The molecular formula is C16H27N3O6. The van der Waals surface area contributed by atoms with Crippen molar-refractivity contribution in [1.82, 2.24) is 0 Å². The van der Waals surface area contributed by atoms with Crippen molar-refractivity contribution < 1.29 is 19.8 Å². The highest BCUT2D eigenvalue weighted by Gasteiger charge is 2.62. The average molecular weight is 357 g/mol. The lowest BCUT2D eigenvalue weighted by Crippen LogP contribution is -2.59. The molecule has 0 saturated heterocycles. The molecule has 4 rings (SSSR count). The van der Waals surface area contributed by atoms with Crippen LogP contribution in [0, 0.1) is 42.4 Å². The fourth-order valence-corrected chi connectivity index (χ4v) is 6.79. The highest BCUT2D eigenvalue weighted by atomic mass is 17.0. The van der Waals surface area contributed by atoms with Gasteiger partial charge in [0.25, 0.3) is 10.2 Å². The smallest absolute Gasteiger partial charge is 0.294 e. The van der Waals surface area contributed by atoms with Crippen LogP contribution in [0.15, 0.2) is 0 Å². The number of nitrogens with zero attached hydrogens (tertiary/aromatic N) is 2. The first kappa shape index (κ1) is 18.2. The second kappa shape index (κ2) is 6.26. The predicted molar refractivity (Wildman–Crippen MR) is 87.3 cm³/mol. The van der Waals surface area contributed by atoms with E-state index in [1.54, 1.807) is 0 Å². The summed E-state index contributed by atoms with van der Waals surface area (Å²) in [5.41, 5.74) is 6.43. The zero-order valence-electron chi connectivity index (χ0n) is 14.6. The summed E-state index contributed by atoms with van der Waals surface area (Å²) >= 11 is 0. The molecule has 0 radical (unpaired) electrons. The van der Waals surface area contributed by atoms with Crippen molar-refractivity contribution in [2.24, 2.45) is 27.9 Å². The van der Waals surface area contributed by atoms with Gasteiger partial charge in [0.05, 0.1) is 0 Å². The molecule has 4 bridgehead atoms. The normalized spacial score (nSPS) is 39.8. The van der Waals surface area contributed by atoms with Crippen LogP contribution in [0.2, 0.25) is 0 Å². The lowest BCUT2D eigenvalue weighted by molar-refractivity contribution is -0.790. The van der Waals surface area contributed by atoms with Gasteiger partial charge in [-0.15, -0.1) is 20.2 Å². The summed E-state index contributed by atoms with van der Waals surface area (Å²) in [6.45, 7) is 2.44. The van der Waals surface area contributed by atoms with Crippen LogP contribution in [0.4, 0.5) is 0 Å². The van der Waals surface area contributed by atoms with Crippen molar-refractivity contribution in [2.75, 3.05) is 13.2 Å². The lowest BCUT2D eigenvalue weighted by atomic mass is 9.38. The second-order valence-corrected chi connectivity index (χ2v) is 8.74. The minimum Gasteiger partial charge on any atom is -0.330 e. The molecule has 4 aliphatic carbocycles. The standard InChI is InChI=1S/C16H27N3O6/c1-2-14-3-12-4-15(8-14,10-16(5-12,9-14)11-17)6-13(25-19(22)23)7-24-18(20)21/h12-13H,2-11,17H2,1H3. The van der Waals surface area contributed by atoms with Crippen LogP contribution in [-0.2, 0) is 9.68 Å². The van der Waals surface area contributed by atoms with E-state index in [1.807, 2.05) is 0 Å². The molecule has 5 unspecified atom stereocenters. The van der Waals surface area contributed by atoms with Gasteiger partial charge >= 0.3 is 0 Å². The summed E-state index contributed by atoms with van der Waals surface area (Å²) in [7, 11) is 0. The first-order chi connectivity index (χ1) is 11.7. The molecular weight excluding hydrogens is 330 g/mol. The lowest BCUT2D eigenvalue weighted by Gasteiger charge is -2.67. The van der Waals surface area contributed by atoms with Crippen LogP contribution in [-0.4, -0.2) is 29.4 Å². The molecule has 25 heavy (non-hydrogen) atoms. The van der Waals surface area contributed by atoms with Crippen molar-refractivity contribution in [3.8, 4) is 0 Å². The van der Waals surface area contributed by atoms with Gasteiger partial charge in [0.2, 0.25) is 0 Å².